The number of nitrogens with one attached hydrogen (secondary N) is 1. The van der Waals surface area contributed by atoms with Crippen LogP contribution >= 0.6 is 0 Å². The predicted octanol–water partition coefficient (Wildman–Crippen LogP) is 2.82. The molecule has 0 spiro atoms. The Bertz CT molecular complexity index is 377. The molecule has 2 rings (SSSR count). The molecule has 1 aromatic carbocycles. The van der Waals surface area contributed by atoms with Crippen molar-refractivity contribution in [3.63, 3.8) is 0 Å². The Kier molecular flexibility index (Phi) is 4.61. The van der Waals surface area contributed by atoms with E-state index in [1.807, 2.05) is 6.07 Å². The van der Waals surface area contributed by atoms with Gasteiger partial charge in [-0.15, -0.1) is 0 Å². The highest BCUT2D eigenvalue weighted by Gasteiger charge is 2.31. The second kappa shape index (κ2) is 6.21. The van der Waals surface area contributed by atoms with Crippen LogP contribution < -0.4 is 16.0 Å². The lowest BCUT2D eigenvalue weighted by atomic mass is 9.78. The summed E-state index contributed by atoms with van der Waals surface area (Å²) < 4.78 is 5.73. The van der Waals surface area contributed by atoms with E-state index in [4.69, 9.17) is 10.6 Å². The lowest BCUT2D eigenvalue weighted by Gasteiger charge is -2.36. The van der Waals surface area contributed by atoms with Crippen molar-refractivity contribution in [3.8, 4) is 5.75 Å². The molecule has 1 aliphatic heterocycles. The number of nitrogens with two attached hydrogens (primary N) is 1. The maximum atomic E-state index is 5.82. The molecule has 0 bridgehead atoms. The molecule has 3 N–H and O–H groups in total. The number of hydrogen-bond donors (Lipinski definition) is 2. The summed E-state index contributed by atoms with van der Waals surface area (Å²) in [6.45, 7) is 5.27. The fourth-order valence-corrected chi connectivity index (χ4v) is 3.12. The number of ether oxygens (including phenoxy) is 1. The minimum absolute atomic E-state index is 0.338. The molecule has 0 aliphatic carbocycles. The van der Waals surface area contributed by atoms with Crippen molar-refractivity contribution in [3.05, 3.63) is 29.8 Å². The molecule has 18 heavy (non-hydrogen) atoms. The molecule has 0 amide bonds. The molecule has 1 heterocycles. The topological polar surface area (TPSA) is 47.3 Å². The van der Waals surface area contributed by atoms with E-state index in [0.29, 0.717) is 17.9 Å². The Morgan fingerprint density at radius 2 is 2.06 bits per heavy atom. The van der Waals surface area contributed by atoms with E-state index in [2.05, 4.69) is 37.5 Å². The fourth-order valence-electron chi connectivity index (χ4n) is 3.12. The summed E-state index contributed by atoms with van der Waals surface area (Å²) in [5.41, 5.74) is 4.36. The van der Waals surface area contributed by atoms with Crippen LogP contribution in [-0.2, 0) is 0 Å². The highest BCUT2D eigenvalue weighted by Crippen LogP contribution is 2.38. The van der Waals surface area contributed by atoms with Gasteiger partial charge in [0.15, 0.2) is 0 Å². The van der Waals surface area contributed by atoms with Crippen LogP contribution in [-0.4, -0.2) is 12.6 Å². The van der Waals surface area contributed by atoms with Gasteiger partial charge in [0.25, 0.3) is 0 Å². The summed E-state index contributed by atoms with van der Waals surface area (Å²) in [6.07, 6.45) is 3.36. The molecule has 2 unspecified atom stereocenters. The second-order valence-corrected chi connectivity index (χ2v) is 5.05. The first-order chi connectivity index (χ1) is 8.81. The van der Waals surface area contributed by atoms with Gasteiger partial charge in [-0.05, 0) is 24.0 Å². The van der Waals surface area contributed by atoms with Crippen molar-refractivity contribution in [2.75, 3.05) is 6.61 Å². The van der Waals surface area contributed by atoms with Crippen LogP contribution in [0.3, 0.4) is 0 Å². The highest BCUT2D eigenvalue weighted by molar-refractivity contribution is 5.38. The summed E-state index contributed by atoms with van der Waals surface area (Å²) in [5.74, 6) is 7.93. The molecular weight excluding hydrogens is 224 g/mol. The molecule has 2 atom stereocenters. The number of rotatable bonds is 5. The molecular formula is C15H24N2O. The number of fused-ring (bicyclic) bond motifs is 1. The van der Waals surface area contributed by atoms with Crippen LogP contribution in [0.25, 0.3) is 0 Å². The molecule has 100 valence electrons. The number of para-hydroxylation sites is 1. The van der Waals surface area contributed by atoms with Gasteiger partial charge in [0.2, 0.25) is 0 Å². The van der Waals surface area contributed by atoms with Crippen molar-refractivity contribution in [2.24, 2.45) is 11.8 Å². The smallest absolute Gasteiger partial charge is 0.122 e. The Morgan fingerprint density at radius 1 is 1.33 bits per heavy atom. The molecule has 0 saturated heterocycles. The van der Waals surface area contributed by atoms with Crippen molar-refractivity contribution in [1.29, 1.82) is 0 Å². The highest BCUT2D eigenvalue weighted by atomic mass is 16.5. The number of hydrogen-bond acceptors (Lipinski definition) is 3. The van der Waals surface area contributed by atoms with Crippen LogP contribution in [0.2, 0.25) is 0 Å². The van der Waals surface area contributed by atoms with Gasteiger partial charge in [0, 0.05) is 12.0 Å². The predicted molar refractivity (Wildman–Crippen MR) is 74.5 cm³/mol. The first-order valence-electron chi connectivity index (χ1n) is 6.99. The SMILES string of the molecule is CCC(CC)C(NN)C1CCOc2ccccc21. The minimum atomic E-state index is 0.338. The third-order valence-corrected chi connectivity index (χ3v) is 4.19. The molecule has 1 aliphatic rings. The summed E-state index contributed by atoms with van der Waals surface area (Å²) in [4.78, 5) is 0. The monoisotopic (exact) mass is 248 g/mol. The van der Waals surface area contributed by atoms with E-state index >= 15 is 0 Å². The van der Waals surface area contributed by atoms with Gasteiger partial charge in [-0.25, -0.2) is 0 Å². The molecule has 0 radical (unpaired) electrons. The Morgan fingerprint density at radius 3 is 2.72 bits per heavy atom. The van der Waals surface area contributed by atoms with Crippen molar-refractivity contribution in [1.82, 2.24) is 5.43 Å². The lowest BCUT2D eigenvalue weighted by Crippen LogP contribution is -2.46. The van der Waals surface area contributed by atoms with Crippen LogP contribution in [0.4, 0.5) is 0 Å². The molecule has 0 aromatic heterocycles. The third kappa shape index (κ3) is 2.52. The third-order valence-electron chi connectivity index (χ3n) is 4.19. The first kappa shape index (κ1) is 13.4. The lowest BCUT2D eigenvalue weighted by molar-refractivity contribution is 0.212. The normalized spacial score (nSPS) is 20.3. The Hall–Kier alpha value is -1.06. The minimum Gasteiger partial charge on any atom is -0.493 e. The standard InChI is InChI=1S/C15H24N2O/c1-3-11(4-2)15(17-16)13-9-10-18-14-8-6-5-7-12(13)14/h5-8,11,13,15,17H,3-4,9-10,16H2,1-2H3. The van der Waals surface area contributed by atoms with E-state index < -0.39 is 0 Å². The molecule has 3 nitrogen and oxygen atoms in total. The molecule has 3 heteroatoms. The van der Waals surface area contributed by atoms with Crippen LogP contribution in [0.5, 0.6) is 5.75 Å². The fraction of sp³-hybridized carbons (Fsp3) is 0.600. The van der Waals surface area contributed by atoms with Crippen LogP contribution in [0.15, 0.2) is 24.3 Å². The Labute approximate surface area is 110 Å². The van der Waals surface area contributed by atoms with E-state index in [-0.39, 0.29) is 0 Å². The molecule has 0 saturated carbocycles. The van der Waals surface area contributed by atoms with E-state index in [0.717, 1.165) is 31.6 Å². The van der Waals surface area contributed by atoms with Crippen LogP contribution in [0, 0.1) is 5.92 Å². The van der Waals surface area contributed by atoms with E-state index in [9.17, 15) is 0 Å². The summed E-state index contributed by atoms with van der Waals surface area (Å²) in [7, 11) is 0. The number of hydrazine groups is 1. The number of benzene rings is 1. The van der Waals surface area contributed by atoms with Crippen molar-refractivity contribution >= 4 is 0 Å². The van der Waals surface area contributed by atoms with Gasteiger partial charge in [0.1, 0.15) is 5.75 Å². The Balaban J connectivity index is 2.27. The van der Waals surface area contributed by atoms with Gasteiger partial charge >= 0.3 is 0 Å². The maximum Gasteiger partial charge on any atom is 0.122 e. The zero-order chi connectivity index (χ0) is 13.0. The first-order valence-corrected chi connectivity index (χ1v) is 6.99. The van der Waals surface area contributed by atoms with Gasteiger partial charge in [0.05, 0.1) is 6.61 Å². The zero-order valence-corrected chi connectivity index (χ0v) is 11.4. The molecule has 1 aromatic rings. The average Bonchev–Trinajstić information content (AvgIpc) is 2.44. The van der Waals surface area contributed by atoms with Gasteiger partial charge < -0.3 is 4.74 Å². The quantitative estimate of drug-likeness (QED) is 0.622. The maximum absolute atomic E-state index is 5.82. The summed E-state index contributed by atoms with van der Waals surface area (Å²) in [6, 6.07) is 8.68. The van der Waals surface area contributed by atoms with Crippen molar-refractivity contribution in [2.45, 2.75) is 45.1 Å². The molecule has 0 fully saturated rings. The van der Waals surface area contributed by atoms with Crippen LogP contribution in [0.1, 0.15) is 44.6 Å². The largest absolute Gasteiger partial charge is 0.493 e. The van der Waals surface area contributed by atoms with E-state index in [1.54, 1.807) is 0 Å². The van der Waals surface area contributed by atoms with Gasteiger partial charge in [-0.1, -0.05) is 44.9 Å². The van der Waals surface area contributed by atoms with Gasteiger partial charge in [-0.2, -0.15) is 0 Å². The van der Waals surface area contributed by atoms with Gasteiger partial charge in [-0.3, -0.25) is 11.3 Å². The summed E-state index contributed by atoms with van der Waals surface area (Å²) >= 11 is 0. The summed E-state index contributed by atoms with van der Waals surface area (Å²) in [5, 5.41) is 0. The van der Waals surface area contributed by atoms with E-state index in [1.165, 1.54) is 5.56 Å². The average molecular weight is 248 g/mol. The second-order valence-electron chi connectivity index (χ2n) is 5.05. The zero-order valence-electron chi connectivity index (χ0n) is 11.4. The van der Waals surface area contributed by atoms with Crippen molar-refractivity contribution < 1.29 is 4.74 Å².